The molecule has 2 aromatic carbocycles. The first-order valence-corrected chi connectivity index (χ1v) is 11.8. The van der Waals surface area contributed by atoms with Crippen molar-refractivity contribution in [1.82, 2.24) is 9.97 Å². The smallest absolute Gasteiger partial charge is 0.227 e. The van der Waals surface area contributed by atoms with Crippen molar-refractivity contribution >= 4 is 22.1 Å². The first kappa shape index (κ1) is 19.0. The second kappa shape index (κ2) is 7.84. The lowest BCUT2D eigenvalue weighted by molar-refractivity contribution is 0.292. The molecule has 1 aliphatic carbocycles. The highest BCUT2D eigenvalue weighted by molar-refractivity contribution is 6.08. The average molecular weight is 434 g/mol. The van der Waals surface area contributed by atoms with Crippen LogP contribution in [0.15, 0.2) is 83.4 Å². The maximum absolute atomic E-state index is 9.23. The van der Waals surface area contributed by atoms with Crippen molar-refractivity contribution in [3.63, 3.8) is 0 Å². The largest absolute Gasteiger partial charge is 0.437 e. The first-order chi connectivity index (χ1) is 16.5. The zero-order valence-electron chi connectivity index (χ0n) is 20.1. The van der Waals surface area contributed by atoms with E-state index in [2.05, 4.69) is 60.4 Å². The summed E-state index contributed by atoms with van der Waals surface area (Å²) in [5, 5.41) is 2.07. The fraction of sp³-hybridized carbons (Fsp3) is 0.267. The summed E-state index contributed by atoms with van der Waals surface area (Å²) in [5.41, 5.74) is 6.75. The van der Waals surface area contributed by atoms with E-state index in [0.29, 0.717) is 5.71 Å². The first-order valence-electron chi connectivity index (χ1n) is 12.3. The molecule has 0 unspecified atom stereocenters. The number of para-hydroxylation sites is 1. The van der Waals surface area contributed by atoms with Crippen LogP contribution in [0.25, 0.3) is 33.3 Å². The third-order valence-corrected chi connectivity index (χ3v) is 7.38. The van der Waals surface area contributed by atoms with E-state index in [4.69, 9.17) is 9.40 Å². The molecule has 6 rings (SSSR count). The molecular formula is C30H28N2O. The quantitative estimate of drug-likeness (QED) is 0.290. The Balaban J connectivity index is 1.30. The van der Waals surface area contributed by atoms with Gasteiger partial charge in [0.2, 0.25) is 5.71 Å². The third-order valence-electron chi connectivity index (χ3n) is 7.38. The lowest BCUT2D eigenvalue weighted by Gasteiger charge is -2.38. The van der Waals surface area contributed by atoms with Gasteiger partial charge in [0.15, 0.2) is 0 Å². The van der Waals surface area contributed by atoms with Crippen molar-refractivity contribution < 1.29 is 5.79 Å². The molecule has 164 valence electrons. The van der Waals surface area contributed by atoms with E-state index in [1.807, 2.05) is 37.4 Å². The monoisotopic (exact) mass is 433 g/mol. The second-order valence-electron chi connectivity index (χ2n) is 9.55. The van der Waals surface area contributed by atoms with Crippen LogP contribution in [0.3, 0.4) is 0 Å². The highest BCUT2D eigenvalue weighted by Gasteiger charge is 2.33. The lowest BCUT2D eigenvalue weighted by Crippen LogP contribution is -2.27. The molecule has 0 saturated heterocycles. The van der Waals surface area contributed by atoms with Crippen LogP contribution in [0, 0.1) is 6.92 Å². The highest BCUT2D eigenvalue weighted by atomic mass is 16.3. The Bertz CT molecular complexity index is 1480. The van der Waals surface area contributed by atoms with Gasteiger partial charge in [0.1, 0.15) is 5.58 Å². The van der Waals surface area contributed by atoms with Gasteiger partial charge < -0.3 is 4.42 Å². The van der Waals surface area contributed by atoms with E-state index in [0.717, 1.165) is 64.6 Å². The van der Waals surface area contributed by atoms with Crippen LogP contribution in [0.5, 0.6) is 0 Å². The van der Waals surface area contributed by atoms with Gasteiger partial charge in [-0.2, -0.15) is 0 Å². The number of nitrogens with zero attached hydrogens (tertiary/aromatic N) is 2. The molecule has 3 aromatic heterocycles. The van der Waals surface area contributed by atoms with Gasteiger partial charge in [-0.3, -0.25) is 4.98 Å². The van der Waals surface area contributed by atoms with Crippen LogP contribution in [0.1, 0.15) is 56.7 Å². The van der Waals surface area contributed by atoms with E-state index in [1.165, 1.54) is 5.56 Å². The van der Waals surface area contributed by atoms with Crippen molar-refractivity contribution in [2.45, 2.75) is 50.8 Å². The molecule has 1 aliphatic rings. The van der Waals surface area contributed by atoms with Crippen molar-refractivity contribution in [3.05, 3.63) is 95.8 Å². The summed E-state index contributed by atoms with van der Waals surface area (Å²) in [5.74, 6) is -0.591. The lowest BCUT2D eigenvalue weighted by atomic mass is 9.67. The average Bonchev–Trinajstić information content (AvgIpc) is 3.24. The summed E-state index contributed by atoms with van der Waals surface area (Å²) < 4.78 is 15.4. The number of rotatable bonds is 3. The molecular weight excluding hydrogens is 404 g/mol. The molecule has 33 heavy (non-hydrogen) atoms. The number of benzene rings is 2. The molecule has 0 N–H and O–H groups in total. The van der Waals surface area contributed by atoms with Crippen molar-refractivity contribution in [3.8, 4) is 11.3 Å². The van der Waals surface area contributed by atoms with Crippen LogP contribution < -0.4 is 0 Å². The Labute approximate surface area is 195 Å². The summed E-state index contributed by atoms with van der Waals surface area (Å²) in [7, 11) is 0. The summed E-state index contributed by atoms with van der Waals surface area (Å²) in [6, 6.07) is 25.1. The zero-order valence-corrected chi connectivity index (χ0v) is 19.1. The number of hydrogen-bond donors (Lipinski definition) is 0. The molecule has 3 heterocycles. The Morgan fingerprint density at radius 3 is 2.48 bits per heavy atom. The van der Waals surface area contributed by atoms with Crippen LogP contribution in [-0.4, -0.2) is 9.97 Å². The fourth-order valence-electron chi connectivity index (χ4n) is 5.26. The fourth-order valence-corrected chi connectivity index (χ4v) is 5.26. The van der Waals surface area contributed by atoms with Gasteiger partial charge >= 0.3 is 0 Å². The molecule has 0 bridgehead atoms. The second-order valence-corrected chi connectivity index (χ2v) is 9.55. The van der Waals surface area contributed by atoms with E-state index in [-0.39, 0.29) is 5.41 Å². The summed E-state index contributed by atoms with van der Waals surface area (Å²) in [6.07, 6.45) is 5.59. The minimum Gasteiger partial charge on any atom is -0.437 e. The minimum atomic E-state index is -0.591. The van der Waals surface area contributed by atoms with E-state index < -0.39 is 5.89 Å². The van der Waals surface area contributed by atoms with Gasteiger partial charge in [-0.25, -0.2) is 4.98 Å². The summed E-state index contributed by atoms with van der Waals surface area (Å²) in [4.78, 5) is 9.36. The van der Waals surface area contributed by atoms with Crippen LogP contribution in [0.2, 0.25) is 0 Å². The maximum Gasteiger partial charge on any atom is 0.227 e. The summed E-state index contributed by atoms with van der Waals surface area (Å²) in [6.45, 7) is 4.31. The molecule has 1 saturated carbocycles. The Morgan fingerprint density at radius 1 is 0.909 bits per heavy atom. The number of furan rings is 1. The van der Waals surface area contributed by atoms with Gasteiger partial charge in [0.25, 0.3) is 0 Å². The third kappa shape index (κ3) is 3.52. The number of hydrogen-bond acceptors (Lipinski definition) is 3. The maximum atomic E-state index is 9.23. The number of pyridine rings is 2. The molecule has 5 aromatic rings. The van der Waals surface area contributed by atoms with Gasteiger partial charge in [-0.05, 0) is 79.3 Å². The van der Waals surface area contributed by atoms with Crippen molar-refractivity contribution in [2.75, 3.05) is 0 Å². The normalized spacial score (nSPS) is 23.6. The SMILES string of the molecule is [2H]C1(c2ccc(-c3cccc4c3oc3nc(C)ccc34)nc2)CCC(C)(c2ccccc2)CC1. The van der Waals surface area contributed by atoms with Gasteiger partial charge in [-0.1, -0.05) is 55.5 Å². The Morgan fingerprint density at radius 2 is 1.73 bits per heavy atom. The van der Waals surface area contributed by atoms with Gasteiger partial charge in [0.05, 0.1) is 5.69 Å². The van der Waals surface area contributed by atoms with Gasteiger partial charge in [-0.15, -0.1) is 0 Å². The Hall–Kier alpha value is -3.46. The molecule has 0 amide bonds. The topological polar surface area (TPSA) is 38.9 Å². The van der Waals surface area contributed by atoms with Crippen molar-refractivity contribution in [1.29, 1.82) is 0 Å². The molecule has 1 fully saturated rings. The molecule has 0 aliphatic heterocycles. The molecule has 0 atom stereocenters. The predicted octanol–water partition coefficient (Wildman–Crippen LogP) is 7.97. The highest BCUT2D eigenvalue weighted by Crippen LogP contribution is 2.44. The van der Waals surface area contributed by atoms with E-state index in [9.17, 15) is 1.37 Å². The predicted molar refractivity (Wildman–Crippen MR) is 134 cm³/mol. The van der Waals surface area contributed by atoms with E-state index >= 15 is 0 Å². The number of aromatic nitrogens is 2. The summed E-state index contributed by atoms with van der Waals surface area (Å²) >= 11 is 0. The Kier molecular flexibility index (Phi) is 4.53. The number of fused-ring (bicyclic) bond motifs is 3. The van der Waals surface area contributed by atoms with Crippen LogP contribution >= 0.6 is 0 Å². The molecule has 3 nitrogen and oxygen atoms in total. The van der Waals surface area contributed by atoms with Crippen molar-refractivity contribution in [2.24, 2.45) is 0 Å². The minimum absolute atomic E-state index is 0.141. The van der Waals surface area contributed by atoms with Gasteiger partial charge in [0, 0.05) is 29.6 Å². The standard InChI is InChI=1S/C30H28N2O/c1-20-11-13-25-24-9-6-10-26(28(24)33-29(25)32-20)27-14-12-22(19-31-27)21-15-17-30(2,18-16-21)23-7-4-3-5-8-23/h3-14,19,21H,15-18H2,1-2H3/i21D. The zero-order chi connectivity index (χ0) is 23.3. The van der Waals surface area contributed by atoms with Crippen LogP contribution in [-0.2, 0) is 5.41 Å². The van der Waals surface area contributed by atoms with E-state index in [1.54, 1.807) is 0 Å². The number of aryl methyl sites for hydroxylation is 1. The molecule has 0 radical (unpaired) electrons. The van der Waals surface area contributed by atoms with Crippen LogP contribution in [0.4, 0.5) is 0 Å². The molecule has 0 spiro atoms. The molecule has 3 heteroatoms.